The number of thioether (sulfide) groups is 2. The van der Waals surface area contributed by atoms with Crippen molar-refractivity contribution in [3.63, 3.8) is 0 Å². The molecule has 0 N–H and O–H groups in total. The first kappa shape index (κ1) is 23.8. The molecule has 10 heteroatoms. The summed E-state index contributed by atoms with van der Waals surface area (Å²) < 4.78 is 2.83. The zero-order valence-electron chi connectivity index (χ0n) is 16.3. The van der Waals surface area contributed by atoms with Gasteiger partial charge in [0.1, 0.15) is 8.64 Å². The highest BCUT2D eigenvalue weighted by molar-refractivity contribution is 9.10. The summed E-state index contributed by atoms with van der Waals surface area (Å²) in [7, 11) is 0. The molecule has 0 bridgehead atoms. The van der Waals surface area contributed by atoms with Gasteiger partial charge in [0, 0.05) is 22.0 Å². The van der Waals surface area contributed by atoms with Gasteiger partial charge in [-0.15, -0.1) is 0 Å². The van der Waals surface area contributed by atoms with E-state index in [0.29, 0.717) is 18.5 Å². The number of benzene rings is 2. The molecular weight excluding hydrogens is 612 g/mol. The van der Waals surface area contributed by atoms with Crippen LogP contribution in [0.5, 0.6) is 0 Å². The van der Waals surface area contributed by atoms with Gasteiger partial charge in [0.2, 0.25) is 0 Å². The second kappa shape index (κ2) is 10.3. The second-order valence-corrected chi connectivity index (χ2v) is 12.0. The average Bonchev–Trinajstić information content (AvgIpc) is 3.15. The fourth-order valence-corrected chi connectivity index (χ4v) is 6.53. The first-order valence-corrected chi connectivity index (χ1v) is 13.4. The van der Waals surface area contributed by atoms with Crippen molar-refractivity contribution in [2.24, 2.45) is 0 Å². The van der Waals surface area contributed by atoms with Gasteiger partial charge in [0.05, 0.1) is 9.81 Å². The molecule has 2 aromatic rings. The van der Waals surface area contributed by atoms with Crippen molar-refractivity contribution in [3.05, 3.63) is 78.4 Å². The van der Waals surface area contributed by atoms with E-state index in [2.05, 4.69) is 31.9 Å². The van der Waals surface area contributed by atoms with E-state index in [1.54, 1.807) is 0 Å². The lowest BCUT2D eigenvalue weighted by molar-refractivity contribution is -0.125. The van der Waals surface area contributed by atoms with Crippen LogP contribution in [0.25, 0.3) is 12.2 Å². The molecule has 0 aromatic heterocycles. The molecule has 0 radical (unpaired) electrons. The SMILES string of the molecule is O=C1C(=Cc2cccc(Br)c2)SC(=S)N1CCN1C(=O)C(=Cc2cccc(Br)c2)SC1=S. The molecule has 2 aliphatic heterocycles. The minimum Gasteiger partial charge on any atom is -0.291 e. The van der Waals surface area contributed by atoms with Gasteiger partial charge >= 0.3 is 0 Å². The van der Waals surface area contributed by atoms with Gasteiger partial charge in [-0.3, -0.25) is 19.4 Å². The van der Waals surface area contributed by atoms with E-state index in [4.69, 9.17) is 24.4 Å². The topological polar surface area (TPSA) is 40.6 Å². The Morgan fingerprint density at radius 1 is 0.750 bits per heavy atom. The van der Waals surface area contributed by atoms with Crippen LogP contribution in [0.1, 0.15) is 11.1 Å². The quantitative estimate of drug-likeness (QED) is 0.286. The third kappa shape index (κ3) is 5.43. The fourth-order valence-electron chi connectivity index (χ4n) is 3.08. The van der Waals surface area contributed by atoms with Crippen LogP contribution >= 0.6 is 79.8 Å². The Bertz CT molecular complexity index is 1120. The number of carbonyl (C=O) groups excluding carboxylic acids is 2. The van der Waals surface area contributed by atoms with Gasteiger partial charge in [0.15, 0.2) is 0 Å². The number of hydrogen-bond acceptors (Lipinski definition) is 6. The number of nitrogens with zero attached hydrogens (tertiary/aromatic N) is 2. The number of amides is 2. The largest absolute Gasteiger partial charge is 0.291 e. The van der Waals surface area contributed by atoms with Crippen LogP contribution in [-0.2, 0) is 9.59 Å². The maximum atomic E-state index is 12.9. The first-order chi connectivity index (χ1) is 15.3. The Labute approximate surface area is 221 Å². The van der Waals surface area contributed by atoms with Gasteiger partial charge in [-0.2, -0.15) is 0 Å². The van der Waals surface area contributed by atoms with E-state index in [1.807, 2.05) is 60.7 Å². The highest BCUT2D eigenvalue weighted by Gasteiger charge is 2.36. The van der Waals surface area contributed by atoms with Crippen molar-refractivity contribution >= 4 is 112 Å². The lowest BCUT2D eigenvalue weighted by Crippen LogP contribution is -2.39. The molecule has 32 heavy (non-hydrogen) atoms. The van der Waals surface area contributed by atoms with Crippen LogP contribution in [-0.4, -0.2) is 43.3 Å². The molecule has 0 spiro atoms. The highest BCUT2D eigenvalue weighted by atomic mass is 79.9. The minimum absolute atomic E-state index is 0.157. The second-order valence-electron chi connectivity index (χ2n) is 6.78. The number of hydrogen-bond donors (Lipinski definition) is 0. The predicted octanol–water partition coefficient (Wildman–Crippen LogP) is 6.31. The lowest BCUT2D eigenvalue weighted by Gasteiger charge is -2.19. The molecule has 0 aliphatic carbocycles. The molecule has 0 atom stereocenters. The monoisotopic (exact) mass is 624 g/mol. The molecule has 2 heterocycles. The van der Waals surface area contributed by atoms with Crippen LogP contribution in [0.4, 0.5) is 0 Å². The average molecular weight is 626 g/mol. The van der Waals surface area contributed by atoms with Crippen molar-refractivity contribution in [3.8, 4) is 0 Å². The van der Waals surface area contributed by atoms with Crippen LogP contribution < -0.4 is 0 Å². The molecule has 2 amide bonds. The zero-order chi connectivity index (χ0) is 22.8. The number of halogens is 2. The molecule has 0 saturated carbocycles. The van der Waals surface area contributed by atoms with E-state index in [0.717, 1.165) is 20.1 Å². The molecule has 4 nitrogen and oxygen atoms in total. The third-order valence-electron chi connectivity index (χ3n) is 4.59. The summed E-state index contributed by atoms with van der Waals surface area (Å²) in [5.41, 5.74) is 1.82. The van der Waals surface area contributed by atoms with E-state index >= 15 is 0 Å². The Balaban J connectivity index is 1.44. The molecule has 162 valence electrons. The van der Waals surface area contributed by atoms with Crippen LogP contribution in [0.2, 0.25) is 0 Å². The summed E-state index contributed by atoms with van der Waals surface area (Å²) in [5.74, 6) is -0.315. The van der Waals surface area contributed by atoms with Crippen molar-refractivity contribution in [2.45, 2.75) is 0 Å². The molecule has 0 unspecified atom stereocenters. The zero-order valence-corrected chi connectivity index (χ0v) is 22.7. The Morgan fingerprint density at radius 3 is 1.53 bits per heavy atom. The van der Waals surface area contributed by atoms with Gasteiger partial charge < -0.3 is 0 Å². The fraction of sp³-hybridized carbons (Fsp3) is 0.0909. The van der Waals surface area contributed by atoms with Crippen molar-refractivity contribution in [1.29, 1.82) is 0 Å². The van der Waals surface area contributed by atoms with Gasteiger partial charge in [-0.1, -0.05) is 104 Å². The maximum absolute atomic E-state index is 12.9. The van der Waals surface area contributed by atoms with E-state index in [1.165, 1.54) is 33.3 Å². The molecule has 2 saturated heterocycles. The van der Waals surface area contributed by atoms with Crippen molar-refractivity contribution in [1.82, 2.24) is 9.80 Å². The Morgan fingerprint density at radius 2 is 1.16 bits per heavy atom. The molecule has 2 fully saturated rings. The number of carbonyl (C=O) groups is 2. The molecule has 4 rings (SSSR count). The molecule has 2 aromatic carbocycles. The minimum atomic E-state index is -0.157. The van der Waals surface area contributed by atoms with Crippen LogP contribution in [0, 0.1) is 0 Å². The van der Waals surface area contributed by atoms with Crippen LogP contribution in [0.3, 0.4) is 0 Å². The molecular formula is C22H14Br2N2O2S4. The van der Waals surface area contributed by atoms with E-state index in [-0.39, 0.29) is 24.9 Å². The highest BCUT2D eigenvalue weighted by Crippen LogP contribution is 2.35. The van der Waals surface area contributed by atoms with Crippen LogP contribution in [0.15, 0.2) is 67.3 Å². The number of thiocarbonyl (C=S) groups is 2. The first-order valence-electron chi connectivity index (χ1n) is 9.34. The summed E-state index contributed by atoms with van der Waals surface area (Å²) in [6.07, 6.45) is 3.65. The summed E-state index contributed by atoms with van der Waals surface area (Å²) in [4.78, 5) is 30.0. The Kier molecular flexibility index (Phi) is 7.69. The molecule has 2 aliphatic rings. The standard InChI is InChI=1S/C22H14Br2N2O2S4/c23-15-5-1-3-13(9-15)11-17-19(27)25(21(29)31-17)7-8-26-20(28)18(32-22(26)30)12-14-4-2-6-16(24)10-14/h1-6,9-12H,7-8H2. The summed E-state index contributed by atoms with van der Waals surface area (Å²) in [5, 5.41) is 0. The summed E-state index contributed by atoms with van der Waals surface area (Å²) in [6, 6.07) is 15.4. The third-order valence-corrected chi connectivity index (χ3v) is 8.33. The van der Waals surface area contributed by atoms with E-state index in [9.17, 15) is 9.59 Å². The smallest absolute Gasteiger partial charge is 0.266 e. The van der Waals surface area contributed by atoms with Gasteiger partial charge in [-0.25, -0.2) is 0 Å². The lowest BCUT2D eigenvalue weighted by atomic mass is 10.2. The van der Waals surface area contributed by atoms with Crippen molar-refractivity contribution < 1.29 is 9.59 Å². The van der Waals surface area contributed by atoms with Crippen molar-refractivity contribution in [2.75, 3.05) is 13.1 Å². The summed E-state index contributed by atoms with van der Waals surface area (Å²) >= 11 is 20.2. The van der Waals surface area contributed by atoms with E-state index < -0.39 is 0 Å². The normalized spacial score (nSPS) is 19.2. The number of rotatable bonds is 5. The van der Waals surface area contributed by atoms with Gasteiger partial charge in [0.25, 0.3) is 11.8 Å². The van der Waals surface area contributed by atoms with Gasteiger partial charge in [-0.05, 0) is 47.5 Å². The predicted molar refractivity (Wildman–Crippen MR) is 148 cm³/mol. The maximum Gasteiger partial charge on any atom is 0.266 e. The Hall–Kier alpha value is -1.30. The summed E-state index contributed by atoms with van der Waals surface area (Å²) in [6.45, 7) is 0.578.